The monoisotopic (exact) mass is 733 g/mol. The normalized spacial score (nSPS) is 16.2. The summed E-state index contributed by atoms with van der Waals surface area (Å²) in [5.41, 5.74) is 9.85. The van der Waals surface area contributed by atoms with Gasteiger partial charge in [-0.15, -0.1) is 11.3 Å². The number of thiophene rings is 1. The number of fused-ring (bicyclic) bond motifs is 11. The van der Waals surface area contributed by atoms with Crippen LogP contribution < -0.4 is 0 Å². The standard InChI is InChI=1S/C51H31N3OS/c1-2-12-31(13-3-1)49-52-50(33-22-25-45-42(28-33)38-17-8-9-19-44(38)55-45)54-51(53-49)39-18-10-20-47-48(39)43-27-32(23-26-46(43)56-47)40-29-41-34-14-5-4-11-30(34)21-24-37(41)35-15-6-7-16-36(35)40/h1-29,35-36H. The smallest absolute Gasteiger partial charge is 0.164 e. The Morgan fingerprint density at radius 1 is 0.482 bits per heavy atom. The quantitative estimate of drug-likeness (QED) is 0.181. The number of para-hydroxylation sites is 1. The molecule has 0 saturated heterocycles. The molecule has 3 heterocycles. The van der Waals surface area contributed by atoms with Crippen LogP contribution in [-0.4, -0.2) is 15.0 Å². The molecule has 0 amide bonds. The Morgan fingerprint density at radius 3 is 2.12 bits per heavy atom. The lowest BCUT2D eigenvalue weighted by Crippen LogP contribution is -2.18. The van der Waals surface area contributed by atoms with Gasteiger partial charge in [-0.1, -0.05) is 127 Å². The van der Waals surface area contributed by atoms with Crippen molar-refractivity contribution in [2.75, 3.05) is 0 Å². The Kier molecular flexibility index (Phi) is 6.89. The number of hydrogen-bond acceptors (Lipinski definition) is 5. The van der Waals surface area contributed by atoms with E-state index < -0.39 is 0 Å². The molecular formula is C51H31N3OS. The second-order valence-electron chi connectivity index (χ2n) is 14.7. The average molecular weight is 734 g/mol. The van der Waals surface area contributed by atoms with Crippen LogP contribution in [-0.2, 0) is 0 Å². The van der Waals surface area contributed by atoms with E-state index in [0.29, 0.717) is 17.5 Å². The number of allylic oxidation sites excluding steroid dienone is 5. The molecule has 0 spiro atoms. The van der Waals surface area contributed by atoms with Gasteiger partial charge in [-0.3, -0.25) is 0 Å². The van der Waals surface area contributed by atoms with Crippen LogP contribution in [0.15, 0.2) is 174 Å². The molecule has 7 aromatic carbocycles. The molecule has 262 valence electrons. The van der Waals surface area contributed by atoms with Crippen molar-refractivity contribution in [1.29, 1.82) is 0 Å². The zero-order chi connectivity index (χ0) is 36.7. The number of nitrogens with zero attached hydrogens (tertiary/aromatic N) is 3. The maximum Gasteiger partial charge on any atom is 0.164 e. The Bertz CT molecular complexity index is 3330. The summed E-state index contributed by atoms with van der Waals surface area (Å²) in [5, 5.41) is 7.06. The first-order valence-electron chi connectivity index (χ1n) is 19.0. The van der Waals surface area contributed by atoms with Crippen molar-refractivity contribution in [3.8, 4) is 34.2 Å². The third kappa shape index (κ3) is 4.88. The largest absolute Gasteiger partial charge is 0.456 e. The van der Waals surface area contributed by atoms with Gasteiger partial charge in [0.05, 0.1) is 0 Å². The van der Waals surface area contributed by atoms with E-state index >= 15 is 0 Å². The van der Waals surface area contributed by atoms with E-state index in [0.717, 1.165) is 38.6 Å². The molecule has 0 fully saturated rings. The molecule has 12 rings (SSSR count). The summed E-state index contributed by atoms with van der Waals surface area (Å²) >= 11 is 1.82. The molecule has 56 heavy (non-hydrogen) atoms. The van der Waals surface area contributed by atoms with Crippen molar-refractivity contribution < 1.29 is 4.42 Å². The van der Waals surface area contributed by atoms with Gasteiger partial charge >= 0.3 is 0 Å². The van der Waals surface area contributed by atoms with Gasteiger partial charge in [0.2, 0.25) is 0 Å². The summed E-state index contributed by atoms with van der Waals surface area (Å²) in [4.78, 5) is 15.5. The summed E-state index contributed by atoms with van der Waals surface area (Å²) in [5.74, 6) is 2.45. The first kappa shape index (κ1) is 31.4. The van der Waals surface area contributed by atoms with Crippen molar-refractivity contribution in [2.45, 2.75) is 5.92 Å². The molecule has 3 aromatic heterocycles. The highest BCUT2D eigenvalue weighted by Gasteiger charge is 2.31. The zero-order valence-electron chi connectivity index (χ0n) is 30.1. The third-order valence-corrected chi connectivity index (χ3v) is 12.7. The van der Waals surface area contributed by atoms with Crippen LogP contribution in [0.3, 0.4) is 0 Å². The lowest BCUT2D eigenvalue weighted by atomic mass is 9.70. The van der Waals surface area contributed by atoms with Gasteiger partial charge in [0.15, 0.2) is 17.5 Å². The minimum absolute atomic E-state index is 0.250. The van der Waals surface area contributed by atoms with Gasteiger partial charge in [0.25, 0.3) is 0 Å². The van der Waals surface area contributed by atoms with E-state index in [4.69, 9.17) is 19.4 Å². The fourth-order valence-corrected chi connectivity index (χ4v) is 10.0. The Labute approximate surface area is 326 Å². The maximum atomic E-state index is 6.17. The first-order chi connectivity index (χ1) is 27.7. The average Bonchev–Trinajstić information content (AvgIpc) is 3.84. The molecule has 2 unspecified atom stereocenters. The van der Waals surface area contributed by atoms with Crippen LogP contribution in [0.1, 0.15) is 22.6 Å². The first-order valence-corrected chi connectivity index (χ1v) is 19.8. The van der Waals surface area contributed by atoms with E-state index in [-0.39, 0.29) is 11.8 Å². The summed E-state index contributed by atoms with van der Waals surface area (Å²) < 4.78 is 8.61. The van der Waals surface area contributed by atoms with Crippen LogP contribution in [0.2, 0.25) is 0 Å². The Morgan fingerprint density at radius 2 is 1.21 bits per heavy atom. The molecule has 4 nitrogen and oxygen atoms in total. The third-order valence-electron chi connectivity index (χ3n) is 11.5. The molecule has 0 radical (unpaired) electrons. The minimum atomic E-state index is 0.250. The summed E-state index contributed by atoms with van der Waals surface area (Å²) in [6.45, 7) is 0. The van der Waals surface area contributed by atoms with Gasteiger partial charge in [0, 0.05) is 59.5 Å². The van der Waals surface area contributed by atoms with Crippen LogP contribution in [0.25, 0.3) is 98.7 Å². The number of rotatable bonds is 4. The Balaban J connectivity index is 1.06. The van der Waals surface area contributed by atoms with Crippen LogP contribution in [0.4, 0.5) is 0 Å². The highest BCUT2D eigenvalue weighted by molar-refractivity contribution is 7.25. The zero-order valence-corrected chi connectivity index (χ0v) is 30.9. The van der Waals surface area contributed by atoms with Crippen LogP contribution in [0.5, 0.6) is 0 Å². The second-order valence-corrected chi connectivity index (χ2v) is 15.8. The number of benzene rings is 7. The molecular weight excluding hydrogens is 703 g/mol. The van der Waals surface area contributed by atoms with Gasteiger partial charge in [-0.05, 0) is 81.6 Å². The van der Waals surface area contributed by atoms with Gasteiger partial charge in [-0.2, -0.15) is 0 Å². The Hall–Kier alpha value is -6.95. The SMILES string of the molecule is C1=CC2C(c3ccc4sc5cccc(-c6nc(-c7ccccc7)nc(-c7ccc8oc9ccccc9c8c7)n6)c5c4c3)=Cc3c(ccc4ccccc34)C2C=C1. The number of furan rings is 1. The number of aromatic nitrogens is 3. The maximum absolute atomic E-state index is 6.17. The molecule has 0 aliphatic heterocycles. The van der Waals surface area contributed by atoms with E-state index in [9.17, 15) is 0 Å². The fraction of sp³-hybridized carbons (Fsp3) is 0.0392. The van der Waals surface area contributed by atoms with Crippen molar-refractivity contribution in [2.24, 2.45) is 5.92 Å². The molecule has 0 N–H and O–H groups in total. The lowest BCUT2D eigenvalue weighted by Gasteiger charge is -2.33. The molecule has 2 atom stereocenters. The van der Waals surface area contributed by atoms with E-state index in [1.807, 2.05) is 59.9 Å². The fourth-order valence-electron chi connectivity index (χ4n) is 8.89. The molecule has 2 aliphatic rings. The lowest BCUT2D eigenvalue weighted by molar-refractivity contribution is 0.669. The van der Waals surface area contributed by atoms with Crippen molar-refractivity contribution >= 4 is 75.9 Å². The van der Waals surface area contributed by atoms with Gasteiger partial charge in [0.1, 0.15) is 11.2 Å². The molecule has 0 saturated carbocycles. The van der Waals surface area contributed by atoms with Crippen LogP contribution >= 0.6 is 11.3 Å². The molecule has 0 bridgehead atoms. The second kappa shape index (κ2) is 12.3. The molecule has 5 heteroatoms. The highest BCUT2D eigenvalue weighted by atomic mass is 32.1. The van der Waals surface area contributed by atoms with Gasteiger partial charge < -0.3 is 4.42 Å². The van der Waals surface area contributed by atoms with E-state index in [2.05, 4.69) is 127 Å². The topological polar surface area (TPSA) is 51.8 Å². The summed E-state index contributed by atoms with van der Waals surface area (Å²) in [6, 6.07) is 51.4. The minimum Gasteiger partial charge on any atom is -0.456 e. The summed E-state index contributed by atoms with van der Waals surface area (Å²) in [7, 11) is 0. The van der Waals surface area contributed by atoms with Crippen molar-refractivity contribution in [1.82, 2.24) is 15.0 Å². The van der Waals surface area contributed by atoms with E-state index in [1.165, 1.54) is 53.2 Å². The number of hydrogen-bond donors (Lipinski definition) is 0. The van der Waals surface area contributed by atoms with Crippen LogP contribution in [0, 0.1) is 5.92 Å². The predicted molar refractivity (Wildman–Crippen MR) is 233 cm³/mol. The highest BCUT2D eigenvalue weighted by Crippen LogP contribution is 2.49. The van der Waals surface area contributed by atoms with E-state index in [1.54, 1.807) is 0 Å². The molecule has 10 aromatic rings. The molecule has 2 aliphatic carbocycles. The van der Waals surface area contributed by atoms with Crippen molar-refractivity contribution in [3.63, 3.8) is 0 Å². The summed E-state index contributed by atoms with van der Waals surface area (Å²) in [6.07, 6.45) is 11.6. The van der Waals surface area contributed by atoms with Crippen molar-refractivity contribution in [3.05, 3.63) is 187 Å². The predicted octanol–water partition coefficient (Wildman–Crippen LogP) is 13.7. The van der Waals surface area contributed by atoms with Gasteiger partial charge in [-0.25, -0.2) is 15.0 Å².